The first kappa shape index (κ1) is 62.3. The smallest absolute Gasteiger partial charge is 0.328 e. The number of nitrogens with zero attached hydrogens (tertiary/aromatic N) is 1. The van der Waals surface area contributed by atoms with Crippen molar-refractivity contribution in [3.8, 4) is 0 Å². The number of nitrogens with one attached hydrogen (secondary N) is 6. The standard InChI is InChI=1S/C48H81N7O15/c1-16-18-29(38(59)43(64)52-32(45(66)67)25-68-46(7,8)9)50-41(62)33-19-17-24-55(33)44(65)37(27(4)5)54-42(63)36(26(2)3)53-40(61)31(21-23-35(58)70-48(13,14)15)51-39(60)30(49-28(6)56)20-22-34(57)69-47(10,11)12/h26-27,29-33,36-37H,16-25H2,1-15H3,(H,49,56)(H,50,62)(H,51,60)(H,52,64)(H,53,61)(H,54,63)(H,66,67)/t29?,30?,31?,32?,33-,36?,37?/m0/s1. The molecule has 70 heavy (non-hydrogen) atoms. The zero-order valence-corrected chi connectivity index (χ0v) is 43.9. The summed E-state index contributed by atoms with van der Waals surface area (Å²) < 4.78 is 16.2. The van der Waals surface area contributed by atoms with Crippen LogP contribution < -0.4 is 31.9 Å². The fourth-order valence-electron chi connectivity index (χ4n) is 7.11. The predicted octanol–water partition coefficient (Wildman–Crippen LogP) is 1.73. The molecule has 1 saturated heterocycles. The second kappa shape index (κ2) is 27.7. The first-order valence-electron chi connectivity index (χ1n) is 24.0. The van der Waals surface area contributed by atoms with Crippen molar-refractivity contribution in [2.24, 2.45) is 11.8 Å². The van der Waals surface area contributed by atoms with Gasteiger partial charge in [-0.1, -0.05) is 41.0 Å². The minimum Gasteiger partial charge on any atom is -0.480 e. The van der Waals surface area contributed by atoms with Gasteiger partial charge in [0.2, 0.25) is 41.2 Å². The van der Waals surface area contributed by atoms with Crippen LogP contribution in [0.15, 0.2) is 0 Å². The number of aliphatic carboxylic acids is 1. The Morgan fingerprint density at radius 2 is 1.09 bits per heavy atom. The summed E-state index contributed by atoms with van der Waals surface area (Å²) in [5.41, 5.74) is -2.42. The molecule has 0 spiro atoms. The lowest BCUT2D eigenvalue weighted by molar-refractivity contribution is -0.156. The molecular formula is C48H81N7O15. The zero-order chi connectivity index (χ0) is 54.1. The van der Waals surface area contributed by atoms with Crippen molar-refractivity contribution < 1.29 is 72.1 Å². The molecule has 1 fully saturated rings. The lowest BCUT2D eigenvalue weighted by Gasteiger charge is -2.33. The molecule has 0 radical (unpaired) electrons. The van der Waals surface area contributed by atoms with Gasteiger partial charge in [0.25, 0.3) is 5.91 Å². The quantitative estimate of drug-likeness (QED) is 0.0480. The lowest BCUT2D eigenvalue weighted by Crippen LogP contribution is -2.61. The Morgan fingerprint density at radius 1 is 0.600 bits per heavy atom. The van der Waals surface area contributed by atoms with E-state index in [0.29, 0.717) is 12.8 Å². The van der Waals surface area contributed by atoms with Crippen LogP contribution in [0.5, 0.6) is 0 Å². The number of rotatable bonds is 26. The Balaban J connectivity index is 3.36. The van der Waals surface area contributed by atoms with E-state index in [9.17, 15) is 57.8 Å². The summed E-state index contributed by atoms with van der Waals surface area (Å²) in [7, 11) is 0. The Hall–Kier alpha value is -5.67. The van der Waals surface area contributed by atoms with Crippen LogP contribution in [-0.2, 0) is 67.0 Å². The maximum atomic E-state index is 14.3. The highest BCUT2D eigenvalue weighted by molar-refractivity contribution is 6.38. The fourth-order valence-corrected chi connectivity index (χ4v) is 7.11. The number of ether oxygens (including phenoxy) is 3. The number of carbonyl (C=O) groups is 11. The molecule has 22 heteroatoms. The van der Waals surface area contributed by atoms with Gasteiger partial charge in [-0.05, 0) is 106 Å². The molecule has 0 saturated carbocycles. The van der Waals surface area contributed by atoms with Crippen LogP contribution in [0.25, 0.3) is 0 Å². The Morgan fingerprint density at radius 3 is 1.53 bits per heavy atom. The van der Waals surface area contributed by atoms with Gasteiger partial charge in [0.1, 0.15) is 41.4 Å². The van der Waals surface area contributed by atoms with Crippen molar-refractivity contribution in [2.75, 3.05) is 13.2 Å². The monoisotopic (exact) mass is 996 g/mol. The van der Waals surface area contributed by atoms with E-state index in [2.05, 4.69) is 31.9 Å². The van der Waals surface area contributed by atoms with Crippen LogP contribution in [-0.4, -0.2) is 147 Å². The fraction of sp³-hybridized carbons (Fsp3) is 0.771. The Kier molecular flexibility index (Phi) is 24.6. The van der Waals surface area contributed by atoms with Crippen LogP contribution >= 0.6 is 0 Å². The molecule has 7 amide bonds. The molecule has 6 unspecified atom stereocenters. The van der Waals surface area contributed by atoms with Crippen LogP contribution in [0.2, 0.25) is 0 Å². The third kappa shape index (κ3) is 22.8. The van der Waals surface area contributed by atoms with Gasteiger partial charge in [0.15, 0.2) is 6.04 Å². The normalized spacial score (nSPS) is 16.6. The summed E-state index contributed by atoms with van der Waals surface area (Å²) >= 11 is 0. The summed E-state index contributed by atoms with van der Waals surface area (Å²) in [6.07, 6.45) is -0.150. The van der Waals surface area contributed by atoms with Gasteiger partial charge in [-0.2, -0.15) is 0 Å². The van der Waals surface area contributed by atoms with E-state index in [1.165, 1.54) is 11.8 Å². The Bertz CT molecular complexity index is 1880. The van der Waals surface area contributed by atoms with Crippen molar-refractivity contribution in [1.29, 1.82) is 0 Å². The number of ketones is 1. The molecule has 7 N–H and O–H groups in total. The molecule has 0 aliphatic carbocycles. The van der Waals surface area contributed by atoms with E-state index in [1.54, 1.807) is 96.9 Å². The van der Waals surface area contributed by atoms with Gasteiger partial charge in [0.05, 0.1) is 18.2 Å². The number of likely N-dealkylation sites (tertiary alicyclic amines) is 1. The van der Waals surface area contributed by atoms with Gasteiger partial charge in [0, 0.05) is 26.3 Å². The van der Waals surface area contributed by atoms with E-state index in [0.717, 1.165) is 0 Å². The molecule has 0 aromatic rings. The number of amides is 7. The molecule has 0 aromatic heterocycles. The topological polar surface area (TPSA) is 311 Å². The average molecular weight is 996 g/mol. The molecular weight excluding hydrogens is 915 g/mol. The average Bonchev–Trinajstić information content (AvgIpc) is 3.71. The molecule has 0 bridgehead atoms. The van der Waals surface area contributed by atoms with E-state index in [1.807, 2.05) is 0 Å². The van der Waals surface area contributed by atoms with Crippen LogP contribution in [0, 0.1) is 11.8 Å². The third-order valence-corrected chi connectivity index (χ3v) is 10.5. The highest BCUT2D eigenvalue weighted by atomic mass is 16.6. The van der Waals surface area contributed by atoms with Gasteiger partial charge in [-0.15, -0.1) is 0 Å². The highest BCUT2D eigenvalue weighted by Gasteiger charge is 2.42. The van der Waals surface area contributed by atoms with Crippen LogP contribution in [0.1, 0.15) is 155 Å². The highest BCUT2D eigenvalue weighted by Crippen LogP contribution is 2.22. The first-order valence-corrected chi connectivity index (χ1v) is 24.0. The third-order valence-electron chi connectivity index (χ3n) is 10.5. The van der Waals surface area contributed by atoms with Crippen LogP contribution in [0.3, 0.4) is 0 Å². The van der Waals surface area contributed by atoms with E-state index in [-0.39, 0.29) is 45.1 Å². The number of hydrogen-bond acceptors (Lipinski definition) is 14. The number of carboxylic acid groups (broad SMARTS) is 1. The molecule has 1 aliphatic rings. The zero-order valence-electron chi connectivity index (χ0n) is 43.9. The van der Waals surface area contributed by atoms with Crippen LogP contribution in [0.4, 0.5) is 0 Å². The van der Waals surface area contributed by atoms with Gasteiger partial charge < -0.3 is 56.1 Å². The van der Waals surface area contributed by atoms with E-state index >= 15 is 0 Å². The summed E-state index contributed by atoms with van der Waals surface area (Å²) in [6, 6.07) is -9.31. The van der Waals surface area contributed by atoms with E-state index in [4.69, 9.17) is 14.2 Å². The molecule has 22 nitrogen and oxygen atoms in total. The predicted molar refractivity (Wildman–Crippen MR) is 255 cm³/mol. The molecule has 1 aliphatic heterocycles. The molecule has 1 rings (SSSR count). The summed E-state index contributed by atoms with van der Waals surface area (Å²) in [5.74, 6) is -10.7. The van der Waals surface area contributed by atoms with Gasteiger partial charge >= 0.3 is 17.9 Å². The molecule has 0 aromatic carbocycles. The number of carbonyl (C=O) groups excluding carboxylic acids is 10. The van der Waals surface area contributed by atoms with Crippen molar-refractivity contribution >= 4 is 65.0 Å². The summed E-state index contributed by atoms with van der Waals surface area (Å²) in [4.78, 5) is 147. The van der Waals surface area contributed by atoms with Crippen molar-refractivity contribution in [1.82, 2.24) is 36.8 Å². The second-order valence-corrected chi connectivity index (χ2v) is 21.2. The van der Waals surface area contributed by atoms with Crippen molar-refractivity contribution in [3.63, 3.8) is 0 Å². The molecule has 398 valence electrons. The SMILES string of the molecule is CCCC(NC(=O)[C@@H]1CCCN1C(=O)C(NC(=O)C(NC(=O)C(CCC(=O)OC(C)(C)C)NC(=O)C(CCC(=O)OC(C)(C)C)NC(C)=O)C(C)C)C(C)C)C(=O)C(=O)NC(COC(C)(C)C)C(=O)O. The molecule has 7 atom stereocenters. The Labute approximate surface area is 412 Å². The maximum absolute atomic E-state index is 14.3. The lowest BCUT2D eigenvalue weighted by atomic mass is 9.98. The summed E-state index contributed by atoms with van der Waals surface area (Å²) in [6.45, 7) is 24.2. The minimum absolute atomic E-state index is 0.0252. The maximum Gasteiger partial charge on any atom is 0.328 e. The number of carboxylic acids is 1. The second-order valence-electron chi connectivity index (χ2n) is 21.2. The number of Topliss-reactive ketones (excluding diaryl/α,β-unsaturated/α-hetero) is 1. The van der Waals surface area contributed by atoms with E-state index < -0.39 is 143 Å². The number of hydrogen-bond donors (Lipinski definition) is 7. The van der Waals surface area contributed by atoms with Gasteiger partial charge in [-0.25, -0.2) is 4.79 Å². The summed E-state index contributed by atoms with van der Waals surface area (Å²) in [5, 5.41) is 24.8. The van der Waals surface area contributed by atoms with Crippen molar-refractivity contribution in [3.05, 3.63) is 0 Å². The van der Waals surface area contributed by atoms with Gasteiger partial charge in [-0.3, -0.25) is 47.9 Å². The number of esters is 2. The van der Waals surface area contributed by atoms with Crippen molar-refractivity contribution in [2.45, 2.75) is 214 Å². The largest absolute Gasteiger partial charge is 0.480 e. The first-order chi connectivity index (χ1) is 32.1. The minimum atomic E-state index is -1.55. The molecule has 1 heterocycles.